The average Bonchev–Trinajstić information content (AvgIpc) is 3.31. The lowest BCUT2D eigenvalue weighted by Gasteiger charge is -2.43. The predicted molar refractivity (Wildman–Crippen MR) is 160 cm³/mol. The number of nitrogens with zero attached hydrogens (tertiary/aromatic N) is 3. The summed E-state index contributed by atoms with van der Waals surface area (Å²) in [6, 6.07) is 10.3. The first-order chi connectivity index (χ1) is 19.1. The van der Waals surface area contributed by atoms with E-state index in [0.717, 1.165) is 61.9 Å². The number of halogens is 1. The van der Waals surface area contributed by atoms with Crippen LogP contribution in [0.5, 0.6) is 0 Å². The van der Waals surface area contributed by atoms with Gasteiger partial charge in [-0.25, -0.2) is 4.79 Å². The largest absolute Gasteiger partial charge is 0.444 e. The highest BCUT2D eigenvalue weighted by Crippen LogP contribution is 2.51. The minimum absolute atomic E-state index is 0.0484. The first kappa shape index (κ1) is 27.0. The number of aromatic nitrogens is 1. The smallest absolute Gasteiger partial charge is 0.410 e. The van der Waals surface area contributed by atoms with Crippen LogP contribution in [0.1, 0.15) is 66.4 Å². The van der Waals surface area contributed by atoms with Gasteiger partial charge in [-0.2, -0.15) is 0 Å². The molecule has 9 heteroatoms. The van der Waals surface area contributed by atoms with Crippen LogP contribution < -0.4 is 4.90 Å². The number of anilines is 1. The van der Waals surface area contributed by atoms with E-state index in [9.17, 15) is 9.59 Å². The third kappa shape index (κ3) is 4.53. The quantitative estimate of drug-likeness (QED) is 0.379. The van der Waals surface area contributed by atoms with Crippen molar-refractivity contribution in [3.8, 4) is 0 Å². The minimum Gasteiger partial charge on any atom is -0.444 e. The van der Waals surface area contributed by atoms with Crippen LogP contribution in [-0.4, -0.2) is 80.0 Å². The van der Waals surface area contributed by atoms with Crippen LogP contribution in [0.2, 0.25) is 0 Å². The summed E-state index contributed by atoms with van der Waals surface area (Å²) in [4.78, 5) is 38.6. The number of amides is 1. The number of fused-ring (bicyclic) bond motifs is 6. The van der Waals surface area contributed by atoms with Crippen LogP contribution in [0.4, 0.5) is 10.5 Å². The van der Waals surface area contributed by atoms with E-state index in [1.165, 1.54) is 0 Å². The standard InChI is InChI=1S/C31H35BrN4O4/c1-30(2,3)40-29(38)36-11-9-35(10-12-36)25-17-22-21(16-23(25)32)27(37)26-20-6-5-19(18-33-4)15-24(20)34-28(26)31(22)7-13-39-14-8-31/h5-6,15-18,34H,7-14H2,1-4H3/b33-18+. The molecule has 210 valence electrons. The molecule has 1 N–H and O–H groups in total. The van der Waals surface area contributed by atoms with Crippen molar-refractivity contribution < 1.29 is 19.1 Å². The second-order valence-electron chi connectivity index (χ2n) is 11.9. The maximum Gasteiger partial charge on any atom is 0.410 e. The van der Waals surface area contributed by atoms with E-state index < -0.39 is 5.60 Å². The molecule has 0 bridgehead atoms. The molecule has 0 atom stereocenters. The predicted octanol–water partition coefficient (Wildman–Crippen LogP) is 5.68. The van der Waals surface area contributed by atoms with E-state index >= 15 is 0 Å². The van der Waals surface area contributed by atoms with Gasteiger partial charge in [0.15, 0.2) is 5.78 Å². The van der Waals surface area contributed by atoms with Crippen molar-refractivity contribution in [3.05, 3.63) is 62.8 Å². The highest BCUT2D eigenvalue weighted by atomic mass is 79.9. The molecule has 0 unspecified atom stereocenters. The Balaban J connectivity index is 1.39. The average molecular weight is 608 g/mol. The van der Waals surface area contributed by atoms with Crippen molar-refractivity contribution in [1.29, 1.82) is 0 Å². The lowest BCUT2D eigenvalue weighted by atomic mass is 9.64. The Kier molecular flexibility index (Phi) is 6.78. The van der Waals surface area contributed by atoms with Gasteiger partial charge in [0.25, 0.3) is 0 Å². The summed E-state index contributed by atoms with van der Waals surface area (Å²) in [5, 5.41) is 0.947. The Labute approximate surface area is 242 Å². The highest BCUT2D eigenvalue weighted by molar-refractivity contribution is 9.10. The van der Waals surface area contributed by atoms with Gasteiger partial charge < -0.3 is 24.3 Å². The molecule has 3 aliphatic rings. The third-order valence-corrected chi connectivity index (χ3v) is 8.91. The van der Waals surface area contributed by atoms with Gasteiger partial charge in [-0.15, -0.1) is 0 Å². The first-order valence-electron chi connectivity index (χ1n) is 13.9. The lowest BCUT2D eigenvalue weighted by Crippen LogP contribution is -2.50. The maximum atomic E-state index is 14.1. The Morgan fingerprint density at radius 3 is 2.52 bits per heavy atom. The zero-order chi connectivity index (χ0) is 28.2. The van der Waals surface area contributed by atoms with Gasteiger partial charge in [-0.3, -0.25) is 9.79 Å². The SMILES string of the molecule is C/N=C/c1ccc2c3c([nH]c2c1)C1(CCOCC1)c1cc(N2CCN(C(=O)OC(C)(C)C)CC2)c(Br)cc1C3=O. The van der Waals surface area contributed by atoms with E-state index in [-0.39, 0.29) is 17.3 Å². The number of aromatic amines is 1. The minimum atomic E-state index is -0.521. The third-order valence-electron chi connectivity index (χ3n) is 8.27. The molecule has 1 amide bonds. The molecule has 40 heavy (non-hydrogen) atoms. The van der Waals surface area contributed by atoms with E-state index in [4.69, 9.17) is 9.47 Å². The maximum absolute atomic E-state index is 14.1. The number of ketones is 1. The molecule has 2 aliphatic heterocycles. The number of piperazine rings is 1. The van der Waals surface area contributed by atoms with Gasteiger partial charge in [0.05, 0.1) is 11.3 Å². The summed E-state index contributed by atoms with van der Waals surface area (Å²) < 4.78 is 12.3. The molecule has 1 aromatic heterocycles. The van der Waals surface area contributed by atoms with Crippen molar-refractivity contribution >= 4 is 50.6 Å². The van der Waals surface area contributed by atoms with Crippen LogP contribution in [0, 0.1) is 0 Å². The van der Waals surface area contributed by atoms with Gasteiger partial charge in [0, 0.05) is 84.7 Å². The monoisotopic (exact) mass is 606 g/mol. The van der Waals surface area contributed by atoms with Crippen molar-refractivity contribution in [2.45, 2.75) is 44.6 Å². The van der Waals surface area contributed by atoms with Gasteiger partial charge in [-0.05, 0) is 78.9 Å². The molecule has 8 nitrogen and oxygen atoms in total. The van der Waals surface area contributed by atoms with E-state index in [2.05, 4.69) is 42.9 Å². The summed E-state index contributed by atoms with van der Waals surface area (Å²) in [5.74, 6) is 0.0484. The number of carbonyl (C=O) groups is 2. The summed E-state index contributed by atoms with van der Waals surface area (Å²) in [5.41, 5.74) is 5.70. The summed E-state index contributed by atoms with van der Waals surface area (Å²) in [6.07, 6.45) is 3.14. The van der Waals surface area contributed by atoms with Gasteiger partial charge in [0.1, 0.15) is 5.60 Å². The van der Waals surface area contributed by atoms with Crippen LogP contribution in [0.25, 0.3) is 10.9 Å². The zero-order valence-electron chi connectivity index (χ0n) is 23.5. The van der Waals surface area contributed by atoms with Crippen LogP contribution in [0.3, 0.4) is 0 Å². The number of hydrogen-bond donors (Lipinski definition) is 1. The van der Waals surface area contributed by atoms with Gasteiger partial charge in [-0.1, -0.05) is 12.1 Å². The molecule has 2 fully saturated rings. The highest BCUT2D eigenvalue weighted by Gasteiger charge is 2.47. The number of carbonyl (C=O) groups excluding carboxylic acids is 2. The zero-order valence-corrected chi connectivity index (χ0v) is 25.1. The fourth-order valence-corrected chi connectivity index (χ4v) is 6.99. The lowest BCUT2D eigenvalue weighted by molar-refractivity contribution is 0.0240. The van der Waals surface area contributed by atoms with Crippen molar-refractivity contribution in [3.63, 3.8) is 0 Å². The number of benzene rings is 2. The second kappa shape index (κ2) is 10.0. The fraction of sp³-hybridized carbons (Fsp3) is 0.452. The molecule has 3 heterocycles. The van der Waals surface area contributed by atoms with Crippen LogP contribution in [0.15, 0.2) is 39.8 Å². The molecule has 1 aliphatic carbocycles. The van der Waals surface area contributed by atoms with Crippen LogP contribution >= 0.6 is 15.9 Å². The summed E-state index contributed by atoms with van der Waals surface area (Å²) in [6.45, 7) is 9.44. The Bertz CT molecular complexity index is 1520. The molecule has 2 aromatic carbocycles. The fourth-order valence-electron chi connectivity index (χ4n) is 6.39. The van der Waals surface area contributed by atoms with E-state index in [1.54, 1.807) is 11.9 Å². The number of nitrogens with one attached hydrogen (secondary N) is 1. The van der Waals surface area contributed by atoms with Crippen molar-refractivity contribution in [2.75, 3.05) is 51.3 Å². The number of aliphatic imine (C=N–C) groups is 1. The molecule has 1 spiro atoms. The topological polar surface area (TPSA) is 87.2 Å². The Hall–Kier alpha value is -3.17. The Morgan fingerprint density at radius 1 is 1.12 bits per heavy atom. The van der Waals surface area contributed by atoms with Crippen LogP contribution in [-0.2, 0) is 14.9 Å². The molecular formula is C31H35BrN4O4. The molecule has 0 radical (unpaired) electrons. The number of H-pyrrole nitrogens is 1. The second-order valence-corrected chi connectivity index (χ2v) is 12.7. The molecule has 6 rings (SSSR count). The van der Waals surface area contributed by atoms with E-state index in [0.29, 0.717) is 39.4 Å². The first-order valence-corrected chi connectivity index (χ1v) is 14.7. The molecule has 0 saturated carbocycles. The summed E-state index contributed by atoms with van der Waals surface area (Å²) >= 11 is 3.80. The summed E-state index contributed by atoms with van der Waals surface area (Å²) in [7, 11) is 1.76. The Morgan fingerprint density at radius 2 is 1.85 bits per heavy atom. The number of ether oxygens (including phenoxy) is 2. The molecule has 3 aromatic rings. The van der Waals surface area contributed by atoms with Crippen molar-refractivity contribution in [1.82, 2.24) is 9.88 Å². The molecule has 2 saturated heterocycles. The number of hydrogen-bond acceptors (Lipinski definition) is 6. The number of rotatable bonds is 2. The molecular weight excluding hydrogens is 572 g/mol. The van der Waals surface area contributed by atoms with Gasteiger partial charge >= 0.3 is 6.09 Å². The van der Waals surface area contributed by atoms with Gasteiger partial charge in [0.2, 0.25) is 0 Å². The normalized spacial score (nSPS) is 18.9. The van der Waals surface area contributed by atoms with E-state index in [1.807, 2.05) is 45.2 Å². The van der Waals surface area contributed by atoms with Crippen molar-refractivity contribution in [2.24, 2.45) is 4.99 Å².